The molecule has 0 radical (unpaired) electrons. The molecule has 2 aliphatic rings. The minimum atomic E-state index is -0.551. The zero-order valence-corrected chi connectivity index (χ0v) is 13.7. The second-order valence-electron chi connectivity index (χ2n) is 6.64. The molecule has 0 aromatic carbocycles. The van der Waals surface area contributed by atoms with Gasteiger partial charge in [0.25, 0.3) is 0 Å². The van der Waals surface area contributed by atoms with E-state index in [-0.39, 0.29) is 11.9 Å². The molecule has 0 bridgehead atoms. The monoisotopic (exact) mass is 297 g/mol. The first-order valence-electron chi connectivity index (χ1n) is 7.70. The highest BCUT2D eigenvalue weighted by Gasteiger charge is 2.53. The summed E-state index contributed by atoms with van der Waals surface area (Å²) >= 11 is 5.23. The number of thiocarbonyl (C=S) groups is 1. The highest BCUT2D eigenvalue weighted by atomic mass is 32.1. The summed E-state index contributed by atoms with van der Waals surface area (Å²) in [6.07, 6.45) is 3.66. The normalized spacial score (nSPS) is 35.2. The van der Waals surface area contributed by atoms with Crippen LogP contribution in [0.15, 0.2) is 0 Å². The van der Waals surface area contributed by atoms with Crippen LogP contribution in [0, 0.1) is 11.3 Å². The number of carbonyl (C=O) groups is 1. The summed E-state index contributed by atoms with van der Waals surface area (Å²) in [7, 11) is 2.13. The molecule has 114 valence electrons. The van der Waals surface area contributed by atoms with E-state index in [4.69, 9.17) is 18.0 Å². The molecule has 1 aliphatic heterocycles. The first-order chi connectivity index (χ1) is 9.40. The van der Waals surface area contributed by atoms with Gasteiger partial charge in [-0.05, 0) is 45.2 Å². The van der Waals surface area contributed by atoms with Crippen LogP contribution in [-0.2, 0) is 4.79 Å². The lowest BCUT2D eigenvalue weighted by Crippen LogP contribution is -2.59. The first kappa shape index (κ1) is 15.7. The van der Waals surface area contributed by atoms with Crippen LogP contribution >= 0.6 is 12.2 Å². The van der Waals surface area contributed by atoms with Gasteiger partial charge in [0.2, 0.25) is 5.91 Å². The van der Waals surface area contributed by atoms with Gasteiger partial charge in [-0.15, -0.1) is 0 Å². The van der Waals surface area contributed by atoms with Crippen molar-refractivity contribution in [1.82, 2.24) is 9.80 Å². The Morgan fingerprint density at radius 2 is 2.05 bits per heavy atom. The molecule has 1 atom stereocenters. The van der Waals surface area contributed by atoms with Crippen LogP contribution in [0.1, 0.15) is 39.5 Å². The van der Waals surface area contributed by atoms with E-state index >= 15 is 0 Å². The highest BCUT2D eigenvalue weighted by molar-refractivity contribution is 7.80. The number of nitrogens with zero attached hydrogens (tertiary/aromatic N) is 2. The van der Waals surface area contributed by atoms with Gasteiger partial charge in [-0.3, -0.25) is 4.79 Å². The second-order valence-corrected chi connectivity index (χ2v) is 7.08. The van der Waals surface area contributed by atoms with Gasteiger partial charge in [-0.1, -0.05) is 26.1 Å². The van der Waals surface area contributed by atoms with E-state index in [0.717, 1.165) is 45.3 Å². The fourth-order valence-electron chi connectivity index (χ4n) is 3.75. The molecule has 2 N–H and O–H groups in total. The smallest absolute Gasteiger partial charge is 0.235 e. The van der Waals surface area contributed by atoms with E-state index in [2.05, 4.69) is 30.7 Å². The maximum Gasteiger partial charge on any atom is 0.235 e. The molecule has 1 aliphatic carbocycles. The van der Waals surface area contributed by atoms with E-state index in [9.17, 15) is 4.79 Å². The summed E-state index contributed by atoms with van der Waals surface area (Å²) in [5.41, 5.74) is 5.38. The van der Waals surface area contributed by atoms with Gasteiger partial charge in [-0.25, -0.2) is 0 Å². The number of hydrogen-bond donors (Lipinski definition) is 1. The number of nitrogens with two attached hydrogens (primary N) is 1. The molecule has 1 saturated carbocycles. The molecular formula is C15H27N3OS. The maximum atomic E-state index is 13.1. The van der Waals surface area contributed by atoms with Gasteiger partial charge in [0.05, 0.1) is 10.4 Å². The molecule has 1 saturated heterocycles. The van der Waals surface area contributed by atoms with Crippen molar-refractivity contribution >= 4 is 23.1 Å². The van der Waals surface area contributed by atoms with Crippen LogP contribution in [0.2, 0.25) is 0 Å². The lowest BCUT2D eigenvalue weighted by atomic mass is 9.61. The van der Waals surface area contributed by atoms with Crippen molar-refractivity contribution < 1.29 is 4.79 Å². The largest absolute Gasteiger partial charge is 0.392 e. The number of carbonyl (C=O) groups excluding carboxylic acids is 1. The topological polar surface area (TPSA) is 49.6 Å². The Morgan fingerprint density at radius 3 is 2.55 bits per heavy atom. The Balaban J connectivity index is 2.19. The average molecular weight is 297 g/mol. The predicted molar refractivity (Wildman–Crippen MR) is 85.5 cm³/mol. The van der Waals surface area contributed by atoms with E-state index in [1.165, 1.54) is 0 Å². The second kappa shape index (κ2) is 5.98. The Morgan fingerprint density at radius 1 is 1.40 bits per heavy atom. The Bertz CT molecular complexity index is 393. The van der Waals surface area contributed by atoms with Crippen molar-refractivity contribution in [3.63, 3.8) is 0 Å². The summed E-state index contributed by atoms with van der Waals surface area (Å²) in [6, 6.07) is 0.289. The van der Waals surface area contributed by atoms with Crippen molar-refractivity contribution in [1.29, 1.82) is 0 Å². The Kier molecular flexibility index (Phi) is 4.69. The quantitative estimate of drug-likeness (QED) is 0.805. The molecule has 0 aromatic heterocycles. The average Bonchev–Trinajstić information content (AvgIpc) is 2.54. The molecule has 5 heteroatoms. The molecule has 1 unspecified atom stereocenters. The van der Waals surface area contributed by atoms with E-state index in [1.54, 1.807) is 0 Å². The van der Waals surface area contributed by atoms with Crippen LogP contribution in [0.3, 0.4) is 0 Å². The van der Waals surface area contributed by atoms with Crippen LogP contribution in [0.25, 0.3) is 0 Å². The number of rotatable bonds is 3. The molecule has 1 heterocycles. The Labute approximate surface area is 127 Å². The summed E-state index contributed by atoms with van der Waals surface area (Å²) in [5, 5.41) is 0. The summed E-state index contributed by atoms with van der Waals surface area (Å²) < 4.78 is 0. The number of amides is 1. The van der Waals surface area contributed by atoms with Crippen LogP contribution in [-0.4, -0.2) is 53.4 Å². The highest BCUT2D eigenvalue weighted by Crippen LogP contribution is 2.47. The Hall–Kier alpha value is -0.680. The lowest BCUT2D eigenvalue weighted by Gasteiger charge is -2.48. The fourth-order valence-corrected chi connectivity index (χ4v) is 4.00. The van der Waals surface area contributed by atoms with Crippen molar-refractivity contribution in [3.8, 4) is 0 Å². The SMILES string of the molecule is CCC1CN(C)CCCN1C(=O)C1(C(N)=S)CC(C)C1. The van der Waals surface area contributed by atoms with Gasteiger partial charge in [-0.2, -0.15) is 0 Å². The maximum absolute atomic E-state index is 13.1. The molecule has 4 nitrogen and oxygen atoms in total. The summed E-state index contributed by atoms with van der Waals surface area (Å²) in [4.78, 5) is 17.8. The molecule has 0 spiro atoms. The third kappa shape index (κ3) is 2.70. The van der Waals surface area contributed by atoms with Gasteiger partial charge < -0.3 is 15.5 Å². The lowest BCUT2D eigenvalue weighted by molar-refractivity contribution is -0.146. The predicted octanol–water partition coefficient (Wildman–Crippen LogP) is 1.63. The van der Waals surface area contributed by atoms with Crippen LogP contribution in [0.4, 0.5) is 0 Å². The molecule has 20 heavy (non-hydrogen) atoms. The van der Waals surface area contributed by atoms with Gasteiger partial charge in [0.15, 0.2) is 0 Å². The van der Waals surface area contributed by atoms with E-state index < -0.39 is 5.41 Å². The van der Waals surface area contributed by atoms with Crippen molar-refractivity contribution in [3.05, 3.63) is 0 Å². The van der Waals surface area contributed by atoms with Gasteiger partial charge in [0.1, 0.15) is 0 Å². The molecule has 1 amide bonds. The van der Waals surface area contributed by atoms with Crippen LogP contribution in [0.5, 0.6) is 0 Å². The fraction of sp³-hybridized carbons (Fsp3) is 0.867. The van der Waals surface area contributed by atoms with Gasteiger partial charge >= 0.3 is 0 Å². The third-order valence-corrected chi connectivity index (χ3v) is 5.30. The van der Waals surface area contributed by atoms with E-state index in [0.29, 0.717) is 10.9 Å². The van der Waals surface area contributed by atoms with Crippen molar-refractivity contribution in [2.75, 3.05) is 26.7 Å². The molecule has 2 fully saturated rings. The molecular weight excluding hydrogens is 270 g/mol. The van der Waals surface area contributed by atoms with E-state index in [1.807, 2.05) is 0 Å². The zero-order valence-electron chi connectivity index (χ0n) is 12.9. The van der Waals surface area contributed by atoms with Crippen molar-refractivity contribution in [2.24, 2.45) is 17.1 Å². The number of hydrogen-bond acceptors (Lipinski definition) is 3. The minimum absolute atomic E-state index is 0.185. The minimum Gasteiger partial charge on any atom is -0.392 e. The third-order valence-electron chi connectivity index (χ3n) is 4.91. The number of likely N-dealkylation sites (N-methyl/N-ethyl adjacent to an activating group) is 1. The summed E-state index contributed by atoms with van der Waals surface area (Å²) in [6.45, 7) is 7.15. The van der Waals surface area contributed by atoms with Crippen molar-refractivity contribution in [2.45, 2.75) is 45.6 Å². The van der Waals surface area contributed by atoms with Gasteiger partial charge in [0, 0.05) is 19.1 Å². The zero-order chi connectivity index (χ0) is 14.9. The van der Waals surface area contributed by atoms with Crippen LogP contribution < -0.4 is 5.73 Å². The molecule has 0 aromatic rings. The summed E-state index contributed by atoms with van der Waals surface area (Å²) in [5.74, 6) is 0.737. The standard InChI is InChI=1S/C15H27N3OS/c1-4-12-10-17(3)6-5-7-18(12)14(19)15(13(16)20)8-11(2)9-15/h11-12H,4-10H2,1-3H3,(H2,16,20). The molecule has 2 rings (SSSR count). The first-order valence-corrected chi connectivity index (χ1v) is 8.11.